The van der Waals surface area contributed by atoms with Crippen molar-refractivity contribution in [1.82, 2.24) is 10.6 Å². The second-order valence-corrected chi connectivity index (χ2v) is 7.24. The predicted molar refractivity (Wildman–Crippen MR) is 91.5 cm³/mol. The van der Waals surface area contributed by atoms with Crippen molar-refractivity contribution in [2.24, 2.45) is 5.41 Å². The lowest BCUT2D eigenvalue weighted by atomic mass is 9.88. The van der Waals surface area contributed by atoms with E-state index in [1.54, 1.807) is 31.2 Å². The molecule has 0 spiro atoms. The molecule has 1 rings (SSSR count). The summed E-state index contributed by atoms with van der Waals surface area (Å²) >= 11 is 5.97. The zero-order valence-corrected chi connectivity index (χ0v) is 14.8. The van der Waals surface area contributed by atoms with Crippen LogP contribution in [0.15, 0.2) is 24.3 Å². The van der Waals surface area contributed by atoms with Crippen LogP contribution in [-0.4, -0.2) is 35.6 Å². The molecule has 1 aromatic carbocycles. The number of nitrogens with one attached hydrogen (secondary N) is 2. The van der Waals surface area contributed by atoms with Gasteiger partial charge in [0.05, 0.1) is 23.2 Å². The molecule has 0 fully saturated rings. The zero-order chi connectivity index (χ0) is 17.6. The van der Waals surface area contributed by atoms with Crippen molar-refractivity contribution >= 4 is 23.4 Å². The van der Waals surface area contributed by atoms with Gasteiger partial charge in [0.1, 0.15) is 6.04 Å². The Morgan fingerprint density at radius 3 is 2.35 bits per heavy atom. The maximum Gasteiger partial charge on any atom is 0.253 e. The fourth-order valence-electron chi connectivity index (χ4n) is 2.21. The van der Waals surface area contributed by atoms with E-state index in [1.807, 2.05) is 20.8 Å². The van der Waals surface area contributed by atoms with Gasteiger partial charge in [0.15, 0.2) is 0 Å². The number of carbonyl (C=O) groups is 2. The Balaban J connectivity index is 2.63. The van der Waals surface area contributed by atoms with Crippen LogP contribution in [0.1, 0.15) is 44.5 Å². The summed E-state index contributed by atoms with van der Waals surface area (Å²) in [7, 11) is 0. The average molecular weight is 341 g/mol. The van der Waals surface area contributed by atoms with Crippen LogP contribution >= 0.6 is 11.6 Å². The van der Waals surface area contributed by atoms with Crippen LogP contribution < -0.4 is 10.6 Å². The Labute approximate surface area is 142 Å². The first-order valence-electron chi connectivity index (χ1n) is 7.60. The molecule has 0 saturated heterocycles. The van der Waals surface area contributed by atoms with E-state index >= 15 is 0 Å². The van der Waals surface area contributed by atoms with Crippen LogP contribution in [0.4, 0.5) is 0 Å². The molecule has 1 aromatic rings. The lowest BCUT2D eigenvalue weighted by Crippen LogP contribution is -2.49. The maximum absolute atomic E-state index is 12.2. The highest BCUT2D eigenvalue weighted by atomic mass is 35.5. The van der Waals surface area contributed by atoms with E-state index in [2.05, 4.69) is 10.6 Å². The number of hydrogen-bond acceptors (Lipinski definition) is 3. The SMILES string of the molecule is CC(NC(=O)c1ccccc1Cl)C(=O)NC(CO)CC(C)(C)C. The molecule has 0 aliphatic heterocycles. The van der Waals surface area contributed by atoms with E-state index in [0.717, 1.165) is 0 Å². The number of amides is 2. The molecule has 2 atom stereocenters. The zero-order valence-electron chi connectivity index (χ0n) is 14.0. The van der Waals surface area contributed by atoms with Crippen LogP contribution in [0.2, 0.25) is 5.02 Å². The van der Waals surface area contributed by atoms with Crippen LogP contribution in [0.3, 0.4) is 0 Å². The molecule has 0 aliphatic rings. The van der Waals surface area contributed by atoms with Gasteiger partial charge < -0.3 is 15.7 Å². The number of aliphatic hydroxyl groups is 1. The second kappa shape index (κ2) is 8.31. The molecular weight excluding hydrogens is 316 g/mol. The summed E-state index contributed by atoms with van der Waals surface area (Å²) in [5.41, 5.74) is 0.298. The van der Waals surface area contributed by atoms with Crippen LogP contribution in [0.25, 0.3) is 0 Å². The average Bonchev–Trinajstić information content (AvgIpc) is 2.45. The molecule has 5 nitrogen and oxygen atoms in total. The van der Waals surface area contributed by atoms with Crippen LogP contribution in [0, 0.1) is 5.41 Å². The Morgan fingerprint density at radius 1 is 1.22 bits per heavy atom. The Morgan fingerprint density at radius 2 is 1.83 bits per heavy atom. The fraction of sp³-hybridized carbons (Fsp3) is 0.529. The highest BCUT2D eigenvalue weighted by Crippen LogP contribution is 2.20. The quantitative estimate of drug-likeness (QED) is 0.744. The lowest BCUT2D eigenvalue weighted by Gasteiger charge is -2.26. The van der Waals surface area contributed by atoms with Gasteiger partial charge in [-0.15, -0.1) is 0 Å². The summed E-state index contributed by atoms with van der Waals surface area (Å²) in [6, 6.07) is 5.57. The normalized spacial score (nSPS) is 14.0. The van der Waals surface area contributed by atoms with E-state index in [4.69, 9.17) is 11.6 Å². The third kappa shape index (κ3) is 6.59. The molecule has 128 valence electrons. The van der Waals surface area contributed by atoms with Gasteiger partial charge in [-0.2, -0.15) is 0 Å². The van der Waals surface area contributed by atoms with Gasteiger partial charge >= 0.3 is 0 Å². The van der Waals surface area contributed by atoms with Crippen LogP contribution in [0.5, 0.6) is 0 Å². The van der Waals surface area contributed by atoms with E-state index in [-0.39, 0.29) is 24.0 Å². The standard InChI is InChI=1S/C17H25ClN2O3/c1-11(15(22)20-12(10-21)9-17(2,3)4)19-16(23)13-7-5-6-8-14(13)18/h5-8,11-12,21H,9-10H2,1-4H3,(H,19,23)(H,20,22). The maximum atomic E-state index is 12.2. The Hall–Kier alpha value is -1.59. The van der Waals surface area contributed by atoms with Crippen molar-refractivity contribution < 1.29 is 14.7 Å². The molecule has 2 unspecified atom stereocenters. The summed E-state index contributed by atoms with van der Waals surface area (Å²) in [6.45, 7) is 7.54. The minimum atomic E-state index is -0.729. The number of rotatable bonds is 6. The van der Waals surface area contributed by atoms with Crippen molar-refractivity contribution in [2.75, 3.05) is 6.61 Å². The molecule has 0 aromatic heterocycles. The fourth-order valence-corrected chi connectivity index (χ4v) is 2.43. The Bertz CT molecular complexity index is 555. The molecule has 2 amide bonds. The van der Waals surface area contributed by atoms with Crippen molar-refractivity contribution in [3.63, 3.8) is 0 Å². The molecule has 0 aliphatic carbocycles. The topological polar surface area (TPSA) is 78.4 Å². The largest absolute Gasteiger partial charge is 0.394 e. The molecule has 0 radical (unpaired) electrons. The monoisotopic (exact) mass is 340 g/mol. The molecule has 0 saturated carbocycles. The highest BCUT2D eigenvalue weighted by molar-refractivity contribution is 6.33. The summed E-state index contributed by atoms with van der Waals surface area (Å²) in [4.78, 5) is 24.3. The first-order chi connectivity index (χ1) is 10.6. The smallest absolute Gasteiger partial charge is 0.253 e. The predicted octanol–water partition coefficient (Wildman–Crippen LogP) is 2.37. The van der Waals surface area contributed by atoms with Crippen molar-refractivity contribution in [3.05, 3.63) is 34.9 Å². The lowest BCUT2D eigenvalue weighted by molar-refractivity contribution is -0.123. The number of benzene rings is 1. The van der Waals surface area contributed by atoms with Gasteiger partial charge in [-0.05, 0) is 30.9 Å². The third-order valence-corrected chi connectivity index (χ3v) is 3.61. The van der Waals surface area contributed by atoms with Gasteiger partial charge in [0.2, 0.25) is 5.91 Å². The van der Waals surface area contributed by atoms with Crippen molar-refractivity contribution in [3.8, 4) is 0 Å². The van der Waals surface area contributed by atoms with Crippen LogP contribution in [-0.2, 0) is 4.79 Å². The first-order valence-corrected chi connectivity index (χ1v) is 7.98. The first kappa shape index (κ1) is 19.5. The summed E-state index contributed by atoms with van der Waals surface area (Å²) in [6.07, 6.45) is 0.639. The molecule has 0 bridgehead atoms. The minimum absolute atomic E-state index is 0.0231. The molecule has 0 heterocycles. The third-order valence-electron chi connectivity index (χ3n) is 3.28. The van der Waals surface area contributed by atoms with Gasteiger partial charge in [-0.1, -0.05) is 44.5 Å². The van der Waals surface area contributed by atoms with E-state index in [0.29, 0.717) is 17.0 Å². The van der Waals surface area contributed by atoms with Gasteiger partial charge in [-0.25, -0.2) is 0 Å². The number of halogens is 1. The van der Waals surface area contributed by atoms with Crippen molar-refractivity contribution in [2.45, 2.75) is 46.2 Å². The molecule has 6 heteroatoms. The minimum Gasteiger partial charge on any atom is -0.394 e. The van der Waals surface area contributed by atoms with Gasteiger partial charge in [0.25, 0.3) is 5.91 Å². The molecular formula is C17H25ClN2O3. The van der Waals surface area contributed by atoms with Crippen molar-refractivity contribution in [1.29, 1.82) is 0 Å². The van der Waals surface area contributed by atoms with E-state index < -0.39 is 11.9 Å². The van der Waals surface area contributed by atoms with Gasteiger partial charge in [0, 0.05) is 0 Å². The summed E-state index contributed by atoms with van der Waals surface area (Å²) in [5, 5.41) is 15.1. The highest BCUT2D eigenvalue weighted by Gasteiger charge is 2.23. The summed E-state index contributed by atoms with van der Waals surface area (Å²) in [5.74, 6) is -0.747. The van der Waals surface area contributed by atoms with E-state index in [9.17, 15) is 14.7 Å². The Kier molecular flexibility index (Phi) is 7.03. The number of aliphatic hydroxyl groups excluding tert-OH is 1. The second-order valence-electron chi connectivity index (χ2n) is 6.83. The van der Waals surface area contributed by atoms with Gasteiger partial charge in [-0.3, -0.25) is 9.59 Å². The van der Waals surface area contributed by atoms with E-state index in [1.165, 1.54) is 0 Å². The molecule has 3 N–H and O–H groups in total. The number of hydrogen-bond donors (Lipinski definition) is 3. The summed E-state index contributed by atoms with van der Waals surface area (Å²) < 4.78 is 0. The number of carbonyl (C=O) groups excluding carboxylic acids is 2. The molecule has 23 heavy (non-hydrogen) atoms.